The van der Waals surface area contributed by atoms with Crippen LogP contribution in [0.1, 0.15) is 25.5 Å². The Morgan fingerprint density at radius 1 is 1.50 bits per heavy atom. The summed E-state index contributed by atoms with van der Waals surface area (Å²) in [6.07, 6.45) is 6.19. The molecule has 18 heavy (non-hydrogen) atoms. The molecule has 0 aromatic carbocycles. The second kappa shape index (κ2) is 6.66. The first-order chi connectivity index (χ1) is 8.83. The van der Waals surface area contributed by atoms with Gasteiger partial charge in [0.2, 0.25) is 0 Å². The van der Waals surface area contributed by atoms with Gasteiger partial charge in [0.05, 0.1) is 18.0 Å². The molecule has 1 fully saturated rings. The van der Waals surface area contributed by atoms with Gasteiger partial charge in [0, 0.05) is 32.9 Å². The van der Waals surface area contributed by atoms with E-state index in [9.17, 15) is 0 Å². The van der Waals surface area contributed by atoms with Crippen molar-refractivity contribution in [2.24, 2.45) is 0 Å². The Kier molecular flexibility index (Phi) is 4.90. The van der Waals surface area contributed by atoms with E-state index in [4.69, 9.17) is 4.74 Å². The number of hydrogen-bond donors (Lipinski definition) is 1. The third kappa shape index (κ3) is 3.40. The molecule has 0 radical (unpaired) electrons. The van der Waals surface area contributed by atoms with E-state index in [0.29, 0.717) is 6.10 Å². The summed E-state index contributed by atoms with van der Waals surface area (Å²) in [5.41, 5.74) is 1.00. The zero-order chi connectivity index (χ0) is 12.8. The molecule has 5 heteroatoms. The fourth-order valence-corrected chi connectivity index (χ4v) is 2.15. The Morgan fingerprint density at radius 2 is 2.39 bits per heavy atom. The van der Waals surface area contributed by atoms with Crippen molar-refractivity contribution < 1.29 is 4.74 Å². The first kappa shape index (κ1) is 13.2. The van der Waals surface area contributed by atoms with Crippen molar-refractivity contribution >= 4 is 5.82 Å². The number of methoxy groups -OCH3 is 1. The molecule has 2 heterocycles. The number of anilines is 1. The predicted octanol–water partition coefficient (Wildman–Crippen LogP) is 1.20. The molecule has 0 aliphatic carbocycles. The number of ether oxygens (including phenoxy) is 1. The first-order valence-electron chi connectivity index (χ1n) is 6.63. The quantitative estimate of drug-likeness (QED) is 0.769. The van der Waals surface area contributed by atoms with Crippen molar-refractivity contribution in [3.8, 4) is 0 Å². The van der Waals surface area contributed by atoms with Crippen LogP contribution in [0.5, 0.6) is 0 Å². The van der Waals surface area contributed by atoms with Gasteiger partial charge < -0.3 is 15.0 Å². The lowest BCUT2D eigenvalue weighted by atomic mass is 10.3. The fourth-order valence-electron chi connectivity index (χ4n) is 2.15. The fraction of sp³-hybridized carbons (Fsp3) is 0.692. The minimum Gasteiger partial charge on any atom is -0.380 e. The number of nitrogens with zero attached hydrogens (tertiary/aromatic N) is 3. The van der Waals surface area contributed by atoms with E-state index in [1.165, 1.54) is 0 Å². The highest BCUT2D eigenvalue weighted by molar-refractivity contribution is 5.38. The van der Waals surface area contributed by atoms with E-state index in [2.05, 4.69) is 27.1 Å². The summed E-state index contributed by atoms with van der Waals surface area (Å²) in [7, 11) is 1.77. The lowest BCUT2D eigenvalue weighted by Crippen LogP contribution is -2.24. The highest BCUT2D eigenvalue weighted by atomic mass is 16.5. The van der Waals surface area contributed by atoms with Gasteiger partial charge in [-0.05, 0) is 19.4 Å². The maximum Gasteiger partial charge on any atom is 0.147 e. The maximum absolute atomic E-state index is 5.37. The molecule has 1 aliphatic heterocycles. The van der Waals surface area contributed by atoms with Gasteiger partial charge in [-0.1, -0.05) is 6.92 Å². The summed E-state index contributed by atoms with van der Waals surface area (Å²) in [6, 6.07) is 0. The molecule has 1 N–H and O–H groups in total. The third-order valence-electron chi connectivity index (χ3n) is 3.21. The summed E-state index contributed by atoms with van der Waals surface area (Å²) in [4.78, 5) is 11.2. The van der Waals surface area contributed by atoms with Gasteiger partial charge >= 0.3 is 0 Å². The molecule has 0 amide bonds. The number of hydrogen-bond acceptors (Lipinski definition) is 5. The molecule has 0 bridgehead atoms. The van der Waals surface area contributed by atoms with Crippen LogP contribution < -0.4 is 10.2 Å². The van der Waals surface area contributed by atoms with Gasteiger partial charge in [0.15, 0.2) is 0 Å². The van der Waals surface area contributed by atoms with Crippen LogP contribution in [-0.2, 0) is 11.3 Å². The Bertz CT molecular complexity index is 372. The van der Waals surface area contributed by atoms with E-state index in [1.54, 1.807) is 7.11 Å². The van der Waals surface area contributed by atoms with Crippen molar-refractivity contribution in [2.75, 3.05) is 31.6 Å². The van der Waals surface area contributed by atoms with Crippen molar-refractivity contribution in [1.82, 2.24) is 15.3 Å². The summed E-state index contributed by atoms with van der Waals surface area (Å²) in [6.45, 7) is 5.87. The summed E-state index contributed by atoms with van der Waals surface area (Å²) >= 11 is 0. The Balaban J connectivity index is 1.94. The lowest BCUT2D eigenvalue weighted by molar-refractivity contribution is 0.121. The van der Waals surface area contributed by atoms with Gasteiger partial charge in [-0.15, -0.1) is 0 Å². The molecule has 1 aromatic heterocycles. The monoisotopic (exact) mass is 250 g/mol. The van der Waals surface area contributed by atoms with E-state index in [-0.39, 0.29) is 0 Å². The molecule has 0 saturated carbocycles. The highest BCUT2D eigenvalue weighted by Gasteiger charge is 2.23. The normalized spacial score (nSPS) is 19.4. The third-order valence-corrected chi connectivity index (χ3v) is 3.21. The minimum absolute atomic E-state index is 0.327. The van der Waals surface area contributed by atoms with Crippen molar-refractivity contribution in [3.05, 3.63) is 18.1 Å². The molecular weight excluding hydrogens is 228 g/mol. The average Bonchev–Trinajstić information content (AvgIpc) is 2.88. The average molecular weight is 250 g/mol. The molecule has 1 aromatic rings. The Morgan fingerprint density at radius 3 is 3.11 bits per heavy atom. The van der Waals surface area contributed by atoms with Crippen LogP contribution in [0.2, 0.25) is 0 Å². The molecule has 1 saturated heterocycles. The molecule has 0 spiro atoms. The second-order valence-corrected chi connectivity index (χ2v) is 4.64. The molecule has 2 rings (SSSR count). The predicted molar refractivity (Wildman–Crippen MR) is 71.7 cm³/mol. The lowest BCUT2D eigenvalue weighted by Gasteiger charge is -2.17. The zero-order valence-electron chi connectivity index (χ0n) is 11.2. The van der Waals surface area contributed by atoms with Crippen LogP contribution in [0, 0.1) is 0 Å². The van der Waals surface area contributed by atoms with Crippen LogP contribution in [0.4, 0.5) is 5.82 Å². The first-order valence-corrected chi connectivity index (χ1v) is 6.63. The Hall–Kier alpha value is -1.20. The van der Waals surface area contributed by atoms with Crippen LogP contribution >= 0.6 is 0 Å². The molecule has 1 atom stereocenters. The molecule has 1 unspecified atom stereocenters. The largest absolute Gasteiger partial charge is 0.380 e. The molecule has 100 valence electrons. The molecule has 5 nitrogen and oxygen atoms in total. The van der Waals surface area contributed by atoms with E-state index in [0.717, 1.165) is 50.5 Å². The van der Waals surface area contributed by atoms with Crippen molar-refractivity contribution in [1.29, 1.82) is 0 Å². The van der Waals surface area contributed by atoms with Crippen LogP contribution in [-0.4, -0.2) is 42.8 Å². The topological polar surface area (TPSA) is 50.3 Å². The smallest absolute Gasteiger partial charge is 0.147 e. The van der Waals surface area contributed by atoms with Gasteiger partial charge in [-0.25, -0.2) is 4.98 Å². The van der Waals surface area contributed by atoms with E-state index >= 15 is 0 Å². The summed E-state index contributed by atoms with van der Waals surface area (Å²) in [5, 5.41) is 3.34. The summed E-state index contributed by atoms with van der Waals surface area (Å²) < 4.78 is 5.37. The number of aromatic nitrogens is 2. The number of rotatable bonds is 6. The van der Waals surface area contributed by atoms with Crippen LogP contribution in [0.25, 0.3) is 0 Å². The van der Waals surface area contributed by atoms with Crippen molar-refractivity contribution in [2.45, 2.75) is 32.4 Å². The zero-order valence-corrected chi connectivity index (χ0v) is 11.2. The van der Waals surface area contributed by atoms with Crippen LogP contribution in [0.3, 0.4) is 0 Å². The number of nitrogens with one attached hydrogen (secondary N) is 1. The molecule has 1 aliphatic rings. The van der Waals surface area contributed by atoms with Gasteiger partial charge in [0.1, 0.15) is 5.82 Å². The van der Waals surface area contributed by atoms with Gasteiger partial charge in [-0.3, -0.25) is 4.98 Å². The van der Waals surface area contributed by atoms with E-state index < -0.39 is 0 Å². The second-order valence-electron chi connectivity index (χ2n) is 4.64. The van der Waals surface area contributed by atoms with E-state index in [1.807, 2.05) is 12.4 Å². The van der Waals surface area contributed by atoms with Gasteiger partial charge in [-0.2, -0.15) is 0 Å². The minimum atomic E-state index is 0.327. The maximum atomic E-state index is 5.37. The van der Waals surface area contributed by atoms with Crippen LogP contribution in [0.15, 0.2) is 12.4 Å². The van der Waals surface area contributed by atoms with Crippen molar-refractivity contribution in [3.63, 3.8) is 0 Å². The highest BCUT2D eigenvalue weighted by Crippen LogP contribution is 2.18. The SMILES string of the molecule is CCCNCc1cncc(N2CCC(OC)C2)n1. The Labute approximate surface area is 109 Å². The molecular formula is C13H22N4O. The standard InChI is InChI=1S/C13H22N4O/c1-3-5-14-7-11-8-15-9-13(16-11)17-6-4-12(10-17)18-2/h8-9,12,14H,3-7,10H2,1-2H3. The summed E-state index contributed by atoms with van der Waals surface area (Å²) in [5.74, 6) is 0.963. The van der Waals surface area contributed by atoms with Gasteiger partial charge in [0.25, 0.3) is 0 Å².